The zero-order valence-corrected chi connectivity index (χ0v) is 10.2. The third-order valence-corrected chi connectivity index (χ3v) is 2.49. The molecule has 2 rings (SSSR count). The third kappa shape index (κ3) is 3.15. The van der Waals surface area contributed by atoms with Crippen molar-refractivity contribution in [3.05, 3.63) is 52.5 Å². The number of anilines is 1. The predicted molar refractivity (Wildman–Crippen MR) is 69.7 cm³/mol. The fourth-order valence-electron chi connectivity index (χ4n) is 1.13. The van der Waals surface area contributed by atoms with E-state index in [0.29, 0.717) is 15.7 Å². The first kappa shape index (κ1) is 11.8. The molecule has 0 bridgehead atoms. The van der Waals surface area contributed by atoms with Gasteiger partial charge in [-0.25, -0.2) is 0 Å². The van der Waals surface area contributed by atoms with Gasteiger partial charge in [-0.3, -0.25) is 15.4 Å². The Morgan fingerprint density at radius 1 is 1.18 bits per heavy atom. The highest BCUT2D eigenvalue weighted by molar-refractivity contribution is 6.38. The molecule has 0 aliphatic carbocycles. The molecule has 2 aromatic rings. The normalized spacial score (nSPS) is 10.7. The van der Waals surface area contributed by atoms with Crippen molar-refractivity contribution in [3.8, 4) is 0 Å². The van der Waals surface area contributed by atoms with Crippen LogP contribution in [0.4, 0.5) is 5.69 Å². The number of halogens is 2. The molecule has 0 atom stereocenters. The van der Waals surface area contributed by atoms with Crippen molar-refractivity contribution in [2.75, 3.05) is 5.43 Å². The average molecular weight is 267 g/mol. The summed E-state index contributed by atoms with van der Waals surface area (Å²) in [6, 6.07) is 5.54. The molecule has 17 heavy (non-hydrogen) atoms. The fraction of sp³-hybridized carbons (Fsp3) is 0. The van der Waals surface area contributed by atoms with Crippen LogP contribution in [0.3, 0.4) is 0 Å². The summed E-state index contributed by atoms with van der Waals surface area (Å²) >= 11 is 11.8. The largest absolute Gasteiger partial charge is 0.275 e. The number of hydrogen-bond acceptors (Lipinski definition) is 4. The first-order valence-corrected chi connectivity index (χ1v) is 5.52. The van der Waals surface area contributed by atoms with Crippen LogP contribution in [0.1, 0.15) is 5.69 Å². The molecule has 0 saturated heterocycles. The second kappa shape index (κ2) is 5.61. The van der Waals surface area contributed by atoms with E-state index in [2.05, 4.69) is 20.5 Å². The van der Waals surface area contributed by atoms with Gasteiger partial charge in [0.25, 0.3) is 0 Å². The van der Waals surface area contributed by atoms with Gasteiger partial charge in [-0.05, 0) is 12.1 Å². The summed E-state index contributed by atoms with van der Waals surface area (Å²) in [7, 11) is 0. The molecule has 0 aliphatic rings. The lowest BCUT2D eigenvalue weighted by Gasteiger charge is -2.03. The summed E-state index contributed by atoms with van der Waals surface area (Å²) < 4.78 is 0. The predicted octanol–water partition coefficient (Wildman–Crippen LogP) is 3.23. The lowest BCUT2D eigenvalue weighted by molar-refractivity contribution is 1.26. The molecule has 0 radical (unpaired) electrons. The minimum atomic E-state index is 0.413. The summed E-state index contributed by atoms with van der Waals surface area (Å²) in [5, 5.41) is 4.82. The highest BCUT2D eigenvalue weighted by Crippen LogP contribution is 2.28. The van der Waals surface area contributed by atoms with E-state index in [1.165, 1.54) is 12.4 Å². The standard InChI is InChI=1S/C11H8Cl2N4/c12-9-6-14-7-10(13)11(9)17-16-5-8-3-1-2-4-15-8/h1-7H,(H,14,17)/b16-5+. The molecule has 6 heteroatoms. The van der Waals surface area contributed by atoms with Gasteiger partial charge in [-0.1, -0.05) is 29.3 Å². The second-order valence-electron chi connectivity index (χ2n) is 3.10. The van der Waals surface area contributed by atoms with Crippen LogP contribution in [-0.4, -0.2) is 16.2 Å². The van der Waals surface area contributed by atoms with Crippen LogP contribution in [0.5, 0.6) is 0 Å². The molecular weight excluding hydrogens is 259 g/mol. The van der Waals surface area contributed by atoms with E-state index < -0.39 is 0 Å². The first-order chi connectivity index (χ1) is 8.27. The maximum atomic E-state index is 5.91. The van der Waals surface area contributed by atoms with E-state index >= 15 is 0 Å². The van der Waals surface area contributed by atoms with Gasteiger partial charge < -0.3 is 0 Å². The van der Waals surface area contributed by atoms with E-state index in [1.54, 1.807) is 12.4 Å². The van der Waals surface area contributed by atoms with Crippen molar-refractivity contribution >= 4 is 35.1 Å². The quantitative estimate of drug-likeness (QED) is 0.686. The molecule has 4 nitrogen and oxygen atoms in total. The Morgan fingerprint density at radius 2 is 1.94 bits per heavy atom. The summed E-state index contributed by atoms with van der Waals surface area (Å²) in [6.45, 7) is 0. The maximum Gasteiger partial charge on any atom is 0.0965 e. The van der Waals surface area contributed by atoms with E-state index in [0.717, 1.165) is 5.69 Å². The van der Waals surface area contributed by atoms with Gasteiger partial charge in [0, 0.05) is 18.6 Å². The number of hydrazone groups is 1. The minimum Gasteiger partial charge on any atom is -0.275 e. The number of aromatic nitrogens is 2. The topological polar surface area (TPSA) is 50.2 Å². The Labute approximate surface area is 108 Å². The summed E-state index contributed by atoms with van der Waals surface area (Å²) in [5.74, 6) is 0. The SMILES string of the molecule is Clc1cncc(Cl)c1N/N=C/c1ccccn1. The number of hydrogen-bond donors (Lipinski definition) is 1. The van der Waals surface area contributed by atoms with Crippen LogP contribution < -0.4 is 5.43 Å². The Hall–Kier alpha value is -1.65. The molecule has 0 aromatic carbocycles. The van der Waals surface area contributed by atoms with Crippen LogP contribution in [0.25, 0.3) is 0 Å². The number of nitrogens with one attached hydrogen (secondary N) is 1. The Morgan fingerprint density at radius 3 is 2.59 bits per heavy atom. The van der Waals surface area contributed by atoms with E-state index in [1.807, 2.05) is 18.2 Å². The van der Waals surface area contributed by atoms with Crippen LogP contribution in [0.2, 0.25) is 10.0 Å². The highest BCUT2D eigenvalue weighted by atomic mass is 35.5. The van der Waals surface area contributed by atoms with Gasteiger partial charge in [0.15, 0.2) is 0 Å². The number of rotatable bonds is 3. The molecule has 0 saturated carbocycles. The van der Waals surface area contributed by atoms with Gasteiger partial charge in [0.05, 0.1) is 27.6 Å². The molecule has 2 aromatic heterocycles. The highest BCUT2D eigenvalue weighted by Gasteiger charge is 2.03. The lowest BCUT2D eigenvalue weighted by Crippen LogP contribution is -1.94. The molecule has 1 N–H and O–H groups in total. The van der Waals surface area contributed by atoms with Crippen molar-refractivity contribution in [3.63, 3.8) is 0 Å². The number of pyridine rings is 2. The average Bonchev–Trinajstić information content (AvgIpc) is 2.34. The Bertz CT molecular complexity index is 508. The minimum absolute atomic E-state index is 0.413. The van der Waals surface area contributed by atoms with Gasteiger partial charge in [-0.15, -0.1) is 0 Å². The van der Waals surface area contributed by atoms with Crippen molar-refractivity contribution in [1.82, 2.24) is 9.97 Å². The van der Waals surface area contributed by atoms with Crippen molar-refractivity contribution in [2.24, 2.45) is 5.10 Å². The van der Waals surface area contributed by atoms with Gasteiger partial charge in [0.1, 0.15) is 0 Å². The van der Waals surface area contributed by atoms with Crippen molar-refractivity contribution < 1.29 is 0 Å². The second-order valence-corrected chi connectivity index (χ2v) is 3.92. The lowest BCUT2D eigenvalue weighted by atomic mass is 10.4. The van der Waals surface area contributed by atoms with Crippen LogP contribution in [0, 0.1) is 0 Å². The molecule has 0 fully saturated rings. The smallest absolute Gasteiger partial charge is 0.0965 e. The van der Waals surface area contributed by atoms with Crippen LogP contribution >= 0.6 is 23.2 Å². The van der Waals surface area contributed by atoms with E-state index in [-0.39, 0.29) is 0 Å². The summed E-state index contributed by atoms with van der Waals surface area (Å²) in [5.41, 5.74) is 4.02. The summed E-state index contributed by atoms with van der Waals surface area (Å²) in [6.07, 6.45) is 6.25. The first-order valence-electron chi connectivity index (χ1n) is 4.76. The Kier molecular flexibility index (Phi) is 3.90. The zero-order chi connectivity index (χ0) is 12.1. The molecule has 2 heterocycles. The van der Waals surface area contributed by atoms with Gasteiger partial charge >= 0.3 is 0 Å². The van der Waals surface area contributed by atoms with Crippen molar-refractivity contribution in [2.45, 2.75) is 0 Å². The van der Waals surface area contributed by atoms with Gasteiger partial charge in [0.2, 0.25) is 0 Å². The van der Waals surface area contributed by atoms with Crippen LogP contribution in [0.15, 0.2) is 41.9 Å². The molecule has 0 unspecified atom stereocenters. The van der Waals surface area contributed by atoms with Crippen LogP contribution in [-0.2, 0) is 0 Å². The monoisotopic (exact) mass is 266 g/mol. The summed E-state index contributed by atoms with van der Waals surface area (Å²) in [4.78, 5) is 7.93. The zero-order valence-electron chi connectivity index (χ0n) is 8.64. The van der Waals surface area contributed by atoms with E-state index in [9.17, 15) is 0 Å². The third-order valence-electron chi connectivity index (χ3n) is 1.91. The fourth-order valence-corrected chi connectivity index (χ4v) is 1.58. The maximum absolute atomic E-state index is 5.91. The number of nitrogens with zero attached hydrogens (tertiary/aromatic N) is 3. The molecular formula is C11H8Cl2N4. The molecule has 0 amide bonds. The Balaban J connectivity index is 2.10. The van der Waals surface area contributed by atoms with Gasteiger partial charge in [-0.2, -0.15) is 5.10 Å². The van der Waals surface area contributed by atoms with E-state index in [4.69, 9.17) is 23.2 Å². The molecule has 0 aliphatic heterocycles. The van der Waals surface area contributed by atoms with Crippen molar-refractivity contribution in [1.29, 1.82) is 0 Å². The molecule has 0 spiro atoms. The molecule has 86 valence electrons.